The molecule has 0 bridgehead atoms. The third kappa shape index (κ3) is 10.2. The number of aromatic hydroxyl groups is 1. The van der Waals surface area contributed by atoms with Gasteiger partial charge in [0.05, 0.1) is 13.0 Å². The van der Waals surface area contributed by atoms with Crippen LogP contribution >= 0.6 is 0 Å². The number of hydrogen-bond donors (Lipinski definition) is 3. The Kier molecular flexibility index (Phi) is 9.38. The number of allylic oxidation sites excluding steroid dienone is 2. The van der Waals surface area contributed by atoms with Crippen LogP contribution in [0, 0.1) is 5.92 Å². The van der Waals surface area contributed by atoms with Crippen molar-refractivity contribution in [2.75, 3.05) is 6.61 Å². The molecule has 1 saturated carbocycles. The normalized spacial score (nSPS) is 18.8. The predicted octanol–water partition coefficient (Wildman–Crippen LogP) is 3.71. The van der Waals surface area contributed by atoms with Crippen molar-refractivity contribution < 1.29 is 24.9 Å². The van der Waals surface area contributed by atoms with Gasteiger partial charge in [0.2, 0.25) is 0 Å². The highest BCUT2D eigenvalue weighted by Gasteiger charge is 2.21. The SMILES string of the molecule is C/C=C1/CCCCC1CC(=O)OCCc1ccc(O)cc1.CC(C)(O)O. The third-order valence-corrected chi connectivity index (χ3v) is 4.17. The van der Waals surface area contributed by atoms with Crippen molar-refractivity contribution in [3.8, 4) is 5.75 Å². The van der Waals surface area contributed by atoms with Crippen molar-refractivity contribution in [1.82, 2.24) is 0 Å². The molecule has 0 aromatic heterocycles. The van der Waals surface area contributed by atoms with E-state index in [2.05, 4.69) is 13.0 Å². The zero-order chi connectivity index (χ0) is 19.6. The monoisotopic (exact) mass is 364 g/mol. The van der Waals surface area contributed by atoms with E-state index in [1.165, 1.54) is 32.3 Å². The van der Waals surface area contributed by atoms with E-state index < -0.39 is 5.79 Å². The number of hydrogen-bond acceptors (Lipinski definition) is 5. The van der Waals surface area contributed by atoms with Gasteiger partial charge in [-0.3, -0.25) is 4.79 Å². The van der Waals surface area contributed by atoms with Gasteiger partial charge in [0, 0.05) is 6.42 Å². The van der Waals surface area contributed by atoms with Gasteiger partial charge >= 0.3 is 5.97 Å². The summed E-state index contributed by atoms with van der Waals surface area (Å²) in [5, 5.41) is 25.4. The van der Waals surface area contributed by atoms with Crippen molar-refractivity contribution in [3.05, 3.63) is 41.5 Å². The highest BCUT2D eigenvalue weighted by molar-refractivity contribution is 5.70. The minimum atomic E-state index is -1.50. The molecule has 0 heterocycles. The highest BCUT2D eigenvalue weighted by atomic mass is 16.5. The number of carbonyl (C=O) groups is 1. The lowest BCUT2D eigenvalue weighted by Crippen LogP contribution is -2.17. The summed E-state index contributed by atoms with van der Waals surface area (Å²) in [5.41, 5.74) is 2.48. The van der Waals surface area contributed by atoms with E-state index in [0.29, 0.717) is 25.4 Å². The first-order chi connectivity index (χ1) is 12.2. The molecule has 1 aromatic rings. The van der Waals surface area contributed by atoms with E-state index in [-0.39, 0.29) is 11.7 Å². The van der Waals surface area contributed by atoms with Gasteiger partial charge in [0.1, 0.15) is 5.75 Å². The Bertz CT molecular complexity index is 563. The molecular weight excluding hydrogens is 332 g/mol. The molecule has 5 heteroatoms. The maximum Gasteiger partial charge on any atom is 0.306 e. The largest absolute Gasteiger partial charge is 0.508 e. The molecule has 1 aromatic carbocycles. The second kappa shape index (κ2) is 11.0. The van der Waals surface area contributed by atoms with Gasteiger partial charge in [0.25, 0.3) is 0 Å². The molecule has 1 aliphatic carbocycles. The van der Waals surface area contributed by atoms with Crippen LogP contribution in [0.25, 0.3) is 0 Å². The Morgan fingerprint density at radius 1 is 1.23 bits per heavy atom. The molecule has 0 aliphatic heterocycles. The number of esters is 1. The predicted molar refractivity (Wildman–Crippen MR) is 102 cm³/mol. The topological polar surface area (TPSA) is 87.0 Å². The quantitative estimate of drug-likeness (QED) is 0.421. The third-order valence-electron chi connectivity index (χ3n) is 4.17. The second-order valence-electron chi connectivity index (χ2n) is 7.14. The number of benzene rings is 1. The first kappa shape index (κ1) is 22.2. The Morgan fingerprint density at radius 3 is 2.42 bits per heavy atom. The molecule has 0 spiro atoms. The van der Waals surface area contributed by atoms with Crippen molar-refractivity contribution in [2.45, 2.75) is 65.1 Å². The van der Waals surface area contributed by atoms with Crippen LogP contribution in [0.1, 0.15) is 58.4 Å². The Hall–Kier alpha value is -1.85. The molecule has 146 valence electrons. The number of ether oxygens (including phenoxy) is 1. The summed E-state index contributed by atoms with van der Waals surface area (Å²) in [7, 11) is 0. The number of phenolic OH excluding ortho intramolecular Hbond substituents is 1. The maximum absolute atomic E-state index is 11.9. The van der Waals surface area contributed by atoms with Crippen LogP contribution in [0.2, 0.25) is 0 Å². The number of aliphatic hydroxyl groups is 2. The van der Waals surface area contributed by atoms with Crippen molar-refractivity contribution in [2.24, 2.45) is 5.92 Å². The van der Waals surface area contributed by atoms with E-state index in [4.69, 9.17) is 14.9 Å². The maximum atomic E-state index is 11.9. The van der Waals surface area contributed by atoms with Gasteiger partial charge in [-0.15, -0.1) is 0 Å². The standard InChI is InChI=1S/C18H24O3.C3H8O2/c1-2-15-5-3-4-6-16(15)13-18(20)21-12-11-14-7-9-17(19)10-8-14;1-3(2,4)5/h2,7-10,16,19H,3-6,11-13H2,1H3;4-5H,1-2H3/b15-2-;. The fourth-order valence-electron chi connectivity index (χ4n) is 2.93. The second-order valence-corrected chi connectivity index (χ2v) is 7.14. The molecule has 0 radical (unpaired) electrons. The van der Waals surface area contributed by atoms with Gasteiger partial charge in [-0.1, -0.05) is 30.2 Å². The summed E-state index contributed by atoms with van der Waals surface area (Å²) in [6.45, 7) is 5.06. The number of carbonyl (C=O) groups excluding carboxylic acids is 1. The van der Waals surface area contributed by atoms with Crippen molar-refractivity contribution in [1.29, 1.82) is 0 Å². The molecule has 0 amide bonds. The smallest absolute Gasteiger partial charge is 0.306 e. The lowest BCUT2D eigenvalue weighted by molar-refractivity contribution is -0.144. The molecular formula is C21H32O5. The van der Waals surface area contributed by atoms with Crippen LogP contribution in [0.15, 0.2) is 35.9 Å². The van der Waals surface area contributed by atoms with Crippen LogP contribution in [0.3, 0.4) is 0 Å². The lowest BCUT2D eigenvalue weighted by atomic mass is 9.82. The number of rotatable bonds is 5. The summed E-state index contributed by atoms with van der Waals surface area (Å²) in [4.78, 5) is 11.9. The minimum Gasteiger partial charge on any atom is -0.508 e. The first-order valence-corrected chi connectivity index (χ1v) is 9.22. The summed E-state index contributed by atoms with van der Waals surface area (Å²) in [6, 6.07) is 7.00. The van der Waals surface area contributed by atoms with E-state index in [0.717, 1.165) is 18.4 Å². The van der Waals surface area contributed by atoms with E-state index in [9.17, 15) is 9.90 Å². The van der Waals surface area contributed by atoms with Gasteiger partial charge < -0.3 is 20.1 Å². The summed E-state index contributed by atoms with van der Waals surface area (Å²) < 4.78 is 5.34. The van der Waals surface area contributed by atoms with E-state index >= 15 is 0 Å². The zero-order valence-corrected chi connectivity index (χ0v) is 16.1. The highest BCUT2D eigenvalue weighted by Crippen LogP contribution is 2.31. The molecule has 0 saturated heterocycles. The summed E-state index contributed by atoms with van der Waals surface area (Å²) in [6.07, 6.45) is 8.04. The van der Waals surface area contributed by atoms with Crippen molar-refractivity contribution >= 4 is 5.97 Å². The first-order valence-electron chi connectivity index (χ1n) is 9.22. The molecule has 2 rings (SSSR count). The Morgan fingerprint density at radius 2 is 1.85 bits per heavy atom. The molecule has 1 fully saturated rings. The Balaban J connectivity index is 0.000000597. The van der Waals surface area contributed by atoms with Gasteiger partial charge in [-0.05, 0) is 63.6 Å². The van der Waals surface area contributed by atoms with Gasteiger partial charge in [-0.25, -0.2) is 0 Å². The van der Waals surface area contributed by atoms with Crippen LogP contribution in [-0.2, 0) is 16.0 Å². The van der Waals surface area contributed by atoms with E-state index in [1.54, 1.807) is 12.1 Å². The molecule has 26 heavy (non-hydrogen) atoms. The van der Waals surface area contributed by atoms with Crippen LogP contribution in [-0.4, -0.2) is 33.7 Å². The van der Waals surface area contributed by atoms with Crippen LogP contribution in [0.4, 0.5) is 0 Å². The summed E-state index contributed by atoms with van der Waals surface area (Å²) >= 11 is 0. The average Bonchev–Trinajstić information content (AvgIpc) is 2.56. The molecule has 3 N–H and O–H groups in total. The molecule has 1 aliphatic rings. The molecule has 5 nitrogen and oxygen atoms in total. The van der Waals surface area contributed by atoms with Crippen LogP contribution in [0.5, 0.6) is 5.75 Å². The minimum absolute atomic E-state index is 0.0972. The van der Waals surface area contributed by atoms with E-state index in [1.807, 2.05) is 12.1 Å². The number of phenols is 1. The average molecular weight is 364 g/mol. The van der Waals surface area contributed by atoms with Crippen LogP contribution < -0.4 is 0 Å². The lowest BCUT2D eigenvalue weighted by Gasteiger charge is -2.24. The van der Waals surface area contributed by atoms with Gasteiger partial charge in [0.15, 0.2) is 5.79 Å². The fraction of sp³-hybridized carbons (Fsp3) is 0.571. The molecule has 1 atom stereocenters. The zero-order valence-electron chi connectivity index (χ0n) is 16.1. The fourth-order valence-corrected chi connectivity index (χ4v) is 2.93. The van der Waals surface area contributed by atoms with Gasteiger partial charge in [-0.2, -0.15) is 0 Å². The van der Waals surface area contributed by atoms with Crippen molar-refractivity contribution in [3.63, 3.8) is 0 Å². The Labute approximate surface area is 156 Å². The molecule has 1 unspecified atom stereocenters. The summed E-state index contributed by atoms with van der Waals surface area (Å²) in [5.74, 6) is -0.961.